The van der Waals surface area contributed by atoms with Gasteiger partial charge in [0.15, 0.2) is 0 Å². The van der Waals surface area contributed by atoms with Gasteiger partial charge in [0.25, 0.3) is 0 Å². The van der Waals surface area contributed by atoms with E-state index in [-0.39, 0.29) is 5.91 Å². The Morgan fingerprint density at radius 1 is 1.62 bits per heavy atom. The summed E-state index contributed by atoms with van der Waals surface area (Å²) in [5.41, 5.74) is 0. The van der Waals surface area contributed by atoms with E-state index < -0.39 is 0 Å². The minimum absolute atomic E-state index is 0.0105. The number of amides is 1. The molecule has 0 N–H and O–H groups in total. The van der Waals surface area contributed by atoms with Gasteiger partial charge in [-0.25, -0.2) is 4.98 Å². The average molecular weight is 177 g/mol. The van der Waals surface area contributed by atoms with Crippen molar-refractivity contribution >= 4 is 5.91 Å². The number of imidazole rings is 1. The molecule has 68 valence electrons. The Morgan fingerprint density at radius 3 is 2.92 bits per heavy atom. The molecule has 4 nitrogen and oxygen atoms in total. The molecule has 0 aromatic carbocycles. The van der Waals surface area contributed by atoms with Crippen LogP contribution in [0, 0.1) is 0 Å². The largest absolute Gasteiger partial charge is 0.335 e. The first-order valence-electron chi connectivity index (χ1n) is 4.20. The molecular formula is C9H11N3O. The fourth-order valence-corrected chi connectivity index (χ4v) is 1.44. The van der Waals surface area contributed by atoms with Gasteiger partial charge in [-0.1, -0.05) is 6.58 Å². The van der Waals surface area contributed by atoms with Gasteiger partial charge in [-0.2, -0.15) is 0 Å². The molecule has 1 aromatic rings. The number of rotatable bonds is 2. The van der Waals surface area contributed by atoms with Crippen molar-refractivity contribution < 1.29 is 4.79 Å². The third-order valence-electron chi connectivity index (χ3n) is 2.30. The van der Waals surface area contributed by atoms with Crippen LogP contribution in [0.3, 0.4) is 0 Å². The van der Waals surface area contributed by atoms with Crippen LogP contribution >= 0.6 is 0 Å². The lowest BCUT2D eigenvalue weighted by Gasteiger charge is -2.39. The monoisotopic (exact) mass is 177 g/mol. The number of hydrogen-bond donors (Lipinski definition) is 0. The Labute approximate surface area is 76.5 Å². The Kier molecular flexibility index (Phi) is 1.88. The Hall–Kier alpha value is -1.58. The molecule has 13 heavy (non-hydrogen) atoms. The van der Waals surface area contributed by atoms with Crippen molar-refractivity contribution in [3.05, 3.63) is 31.4 Å². The molecule has 1 aliphatic heterocycles. The van der Waals surface area contributed by atoms with E-state index in [9.17, 15) is 4.79 Å². The molecule has 0 atom stereocenters. The predicted octanol–water partition coefficient (Wildman–Crippen LogP) is 0.452. The average Bonchev–Trinajstić information content (AvgIpc) is 2.54. The van der Waals surface area contributed by atoms with Gasteiger partial charge in [0.2, 0.25) is 5.91 Å². The van der Waals surface area contributed by atoms with Crippen molar-refractivity contribution in [2.24, 2.45) is 0 Å². The third kappa shape index (κ3) is 1.35. The van der Waals surface area contributed by atoms with Crippen molar-refractivity contribution in [2.45, 2.75) is 6.04 Å². The molecule has 0 spiro atoms. The van der Waals surface area contributed by atoms with E-state index in [2.05, 4.69) is 11.6 Å². The van der Waals surface area contributed by atoms with Gasteiger partial charge in [-0.15, -0.1) is 0 Å². The molecule has 0 bridgehead atoms. The normalized spacial score (nSPS) is 16.8. The van der Waals surface area contributed by atoms with Crippen LogP contribution in [0.25, 0.3) is 0 Å². The van der Waals surface area contributed by atoms with Crippen LogP contribution in [0.2, 0.25) is 0 Å². The summed E-state index contributed by atoms with van der Waals surface area (Å²) in [7, 11) is 0. The summed E-state index contributed by atoms with van der Waals surface area (Å²) < 4.78 is 2.02. The molecule has 1 saturated heterocycles. The quantitative estimate of drug-likeness (QED) is 0.615. The molecule has 2 rings (SSSR count). The van der Waals surface area contributed by atoms with Crippen molar-refractivity contribution in [1.29, 1.82) is 0 Å². The molecule has 4 heteroatoms. The molecule has 1 fully saturated rings. The lowest BCUT2D eigenvalue weighted by molar-refractivity contribution is -0.131. The van der Waals surface area contributed by atoms with Crippen molar-refractivity contribution in [3.8, 4) is 0 Å². The summed E-state index contributed by atoms with van der Waals surface area (Å²) >= 11 is 0. The van der Waals surface area contributed by atoms with Gasteiger partial charge in [0.1, 0.15) is 0 Å². The van der Waals surface area contributed by atoms with E-state index in [1.165, 1.54) is 6.08 Å². The molecule has 0 saturated carbocycles. The molecule has 2 heterocycles. The SMILES string of the molecule is C=CC(=O)N1CC(n2ccnc2)C1. The number of likely N-dealkylation sites (tertiary alicyclic amines) is 1. The first-order valence-corrected chi connectivity index (χ1v) is 4.20. The lowest BCUT2D eigenvalue weighted by atomic mass is 10.1. The molecular weight excluding hydrogens is 166 g/mol. The fraction of sp³-hybridized carbons (Fsp3) is 0.333. The highest BCUT2D eigenvalue weighted by Gasteiger charge is 2.29. The van der Waals surface area contributed by atoms with Gasteiger partial charge >= 0.3 is 0 Å². The Balaban J connectivity index is 1.92. The van der Waals surface area contributed by atoms with Gasteiger partial charge < -0.3 is 9.47 Å². The molecule has 0 unspecified atom stereocenters. The maximum atomic E-state index is 11.1. The van der Waals surface area contributed by atoms with Crippen LogP contribution in [0.15, 0.2) is 31.4 Å². The number of carbonyl (C=O) groups excluding carboxylic acids is 1. The van der Waals surface area contributed by atoms with Crippen LogP contribution in [0.1, 0.15) is 6.04 Å². The third-order valence-corrected chi connectivity index (χ3v) is 2.30. The van der Waals surface area contributed by atoms with E-state index in [0.717, 1.165) is 13.1 Å². The van der Waals surface area contributed by atoms with Gasteiger partial charge in [-0.05, 0) is 6.08 Å². The highest BCUT2D eigenvalue weighted by atomic mass is 16.2. The zero-order valence-corrected chi connectivity index (χ0v) is 7.26. The zero-order chi connectivity index (χ0) is 9.26. The van der Waals surface area contributed by atoms with E-state index in [1.807, 2.05) is 10.8 Å². The van der Waals surface area contributed by atoms with Crippen LogP contribution < -0.4 is 0 Å². The maximum Gasteiger partial charge on any atom is 0.246 e. The van der Waals surface area contributed by atoms with Gasteiger partial charge in [0.05, 0.1) is 12.4 Å². The number of aromatic nitrogens is 2. The molecule has 1 amide bonds. The Bertz CT molecular complexity index is 312. The first-order chi connectivity index (χ1) is 6.31. The van der Waals surface area contributed by atoms with Crippen molar-refractivity contribution in [2.75, 3.05) is 13.1 Å². The molecule has 0 radical (unpaired) electrons. The van der Waals surface area contributed by atoms with E-state index in [1.54, 1.807) is 17.4 Å². The fourth-order valence-electron chi connectivity index (χ4n) is 1.44. The second-order valence-electron chi connectivity index (χ2n) is 3.11. The number of carbonyl (C=O) groups is 1. The minimum atomic E-state index is 0.0105. The van der Waals surface area contributed by atoms with Crippen LogP contribution in [-0.4, -0.2) is 33.4 Å². The topological polar surface area (TPSA) is 38.1 Å². The maximum absolute atomic E-state index is 11.1. The number of hydrogen-bond acceptors (Lipinski definition) is 2. The van der Waals surface area contributed by atoms with E-state index >= 15 is 0 Å². The Morgan fingerprint density at radius 2 is 2.38 bits per heavy atom. The van der Waals surface area contributed by atoms with Crippen LogP contribution in [0.5, 0.6) is 0 Å². The zero-order valence-electron chi connectivity index (χ0n) is 7.26. The molecule has 1 aliphatic rings. The molecule has 1 aromatic heterocycles. The van der Waals surface area contributed by atoms with E-state index in [4.69, 9.17) is 0 Å². The smallest absolute Gasteiger partial charge is 0.246 e. The molecule has 0 aliphatic carbocycles. The minimum Gasteiger partial charge on any atom is -0.335 e. The summed E-state index contributed by atoms with van der Waals surface area (Å²) in [5.74, 6) is 0.0105. The predicted molar refractivity (Wildman–Crippen MR) is 48.0 cm³/mol. The summed E-state index contributed by atoms with van der Waals surface area (Å²) in [6.45, 7) is 4.97. The summed E-state index contributed by atoms with van der Waals surface area (Å²) in [5, 5.41) is 0. The highest BCUT2D eigenvalue weighted by molar-refractivity contribution is 5.87. The van der Waals surface area contributed by atoms with Gasteiger partial charge in [0, 0.05) is 25.5 Å². The highest BCUT2D eigenvalue weighted by Crippen LogP contribution is 2.20. The van der Waals surface area contributed by atoms with Crippen LogP contribution in [0.4, 0.5) is 0 Å². The van der Waals surface area contributed by atoms with E-state index in [0.29, 0.717) is 6.04 Å². The lowest BCUT2D eigenvalue weighted by Crippen LogP contribution is -2.49. The van der Waals surface area contributed by atoms with Gasteiger partial charge in [-0.3, -0.25) is 4.79 Å². The summed E-state index contributed by atoms with van der Waals surface area (Å²) in [6, 6.07) is 0.395. The van der Waals surface area contributed by atoms with Crippen LogP contribution in [-0.2, 0) is 4.79 Å². The summed E-state index contributed by atoms with van der Waals surface area (Å²) in [6.07, 6.45) is 6.79. The number of nitrogens with zero attached hydrogens (tertiary/aromatic N) is 3. The standard InChI is InChI=1S/C9H11N3O/c1-2-9(13)12-5-8(6-12)11-4-3-10-7-11/h2-4,7-8H,1,5-6H2. The van der Waals surface area contributed by atoms with Crippen molar-refractivity contribution in [1.82, 2.24) is 14.5 Å². The second-order valence-corrected chi connectivity index (χ2v) is 3.11. The van der Waals surface area contributed by atoms with Crippen molar-refractivity contribution in [3.63, 3.8) is 0 Å². The second kappa shape index (κ2) is 3.05. The summed E-state index contributed by atoms with van der Waals surface area (Å²) in [4.78, 5) is 16.8. The first kappa shape index (κ1) is 8.04.